The molecule has 1 aromatic rings. The van der Waals surface area contributed by atoms with Crippen LogP contribution < -0.4 is 15.2 Å². The first-order valence-electron chi connectivity index (χ1n) is 15.3. The van der Waals surface area contributed by atoms with Crippen LogP contribution in [0.3, 0.4) is 0 Å². The number of pyridine rings is 1. The molecule has 0 aromatic carbocycles. The van der Waals surface area contributed by atoms with Gasteiger partial charge in [-0.05, 0) is 85.0 Å². The first-order valence-corrected chi connectivity index (χ1v) is 15.3. The molecule has 3 heterocycles. The molecule has 5 N–H and O–H groups in total. The molecule has 2 fully saturated rings. The average molecular weight is 607 g/mol. The summed E-state index contributed by atoms with van der Waals surface area (Å²) in [5, 5.41) is 18.1. The fraction of sp³-hybridized carbons (Fsp3) is 0.545. The number of nitrogens with two attached hydrogens (primary N) is 1. The molecule has 44 heavy (non-hydrogen) atoms. The highest BCUT2D eigenvalue weighted by atomic mass is 16.5. The van der Waals surface area contributed by atoms with Gasteiger partial charge in [-0.15, -0.1) is 4.99 Å². The number of carbonyl (C=O) groups excluding carboxylic acids is 1. The van der Waals surface area contributed by atoms with Crippen molar-refractivity contribution in [1.29, 1.82) is 5.41 Å². The second-order valence-corrected chi connectivity index (χ2v) is 12.4. The largest absolute Gasteiger partial charge is 0.581 e. The molecule has 1 aromatic heterocycles. The van der Waals surface area contributed by atoms with E-state index in [0.717, 1.165) is 48.9 Å². The Hall–Kier alpha value is -3.99. The Morgan fingerprint density at radius 2 is 2.07 bits per heavy atom. The lowest BCUT2D eigenvalue weighted by Gasteiger charge is -2.38. The molecule has 1 amide bonds. The van der Waals surface area contributed by atoms with Crippen molar-refractivity contribution in [2.75, 3.05) is 33.7 Å². The number of nitrogens with one attached hydrogen (secondary N) is 1. The molecule has 0 spiro atoms. The Morgan fingerprint density at radius 3 is 2.68 bits per heavy atom. The van der Waals surface area contributed by atoms with Crippen LogP contribution in [-0.4, -0.2) is 95.7 Å². The predicted molar refractivity (Wildman–Crippen MR) is 175 cm³/mol. The number of aliphatic imine (C=N–C) groups is 2. The number of likely N-dealkylation sites (tertiary alicyclic amines) is 2. The van der Waals surface area contributed by atoms with E-state index in [1.165, 1.54) is 6.08 Å². The van der Waals surface area contributed by atoms with Crippen molar-refractivity contribution in [3.63, 3.8) is 0 Å². The molecule has 3 aliphatic rings. The number of rotatable bonds is 10. The van der Waals surface area contributed by atoms with Gasteiger partial charge in [-0.25, -0.2) is 4.98 Å². The summed E-state index contributed by atoms with van der Waals surface area (Å²) in [6, 6.07) is 3.64. The molecule has 0 saturated carbocycles. The Labute approximate surface area is 260 Å². The van der Waals surface area contributed by atoms with Crippen molar-refractivity contribution < 1.29 is 19.4 Å². The van der Waals surface area contributed by atoms with Crippen LogP contribution in [0.25, 0.3) is 0 Å². The third kappa shape index (κ3) is 7.04. The van der Waals surface area contributed by atoms with E-state index < -0.39 is 5.41 Å². The molecule has 4 rings (SSSR count). The van der Waals surface area contributed by atoms with Gasteiger partial charge < -0.3 is 25.2 Å². The van der Waals surface area contributed by atoms with Crippen molar-refractivity contribution in [2.45, 2.75) is 78.0 Å². The van der Waals surface area contributed by atoms with Gasteiger partial charge in [0.1, 0.15) is 29.1 Å². The lowest BCUT2D eigenvalue weighted by atomic mass is 9.68. The summed E-state index contributed by atoms with van der Waals surface area (Å²) in [6.07, 6.45) is 7.35. The van der Waals surface area contributed by atoms with Gasteiger partial charge in [0.15, 0.2) is 5.84 Å². The highest BCUT2D eigenvalue weighted by Gasteiger charge is 2.44. The Balaban J connectivity index is 1.66. The van der Waals surface area contributed by atoms with Crippen molar-refractivity contribution in [2.24, 2.45) is 21.1 Å². The number of hydrogen-bond donors (Lipinski definition) is 2. The van der Waals surface area contributed by atoms with Gasteiger partial charge in [0.25, 0.3) is 0 Å². The number of likely N-dealkylation sites (N-methyl/N-ethyl adjacent to an activating group) is 1. The van der Waals surface area contributed by atoms with Crippen molar-refractivity contribution in [3.8, 4) is 11.6 Å². The standard InChI is InChI=1S/C33H47N7O4/c1-8-29(41)40-18-24(19-40)44-23-15-26(37-28(16-23)43-22(4)27-12-10-14-39(27)7)31(35)38-32(42)33(5)13-9-11-20(2)30(33)25(17-36-6)21(3)34/h8,15-17,22,24,27H,1,9-14,18-19,34H2,2-7H3,(H2,35,38,42)/p+1/b25-21+,36-17?/t22-,27-,33-/m0/s1. The van der Waals surface area contributed by atoms with E-state index in [2.05, 4.69) is 40.4 Å². The van der Waals surface area contributed by atoms with Crippen LogP contribution >= 0.6 is 0 Å². The topological polar surface area (TPSA) is 152 Å². The number of nitrogens with zero attached hydrogens (tertiary/aromatic N) is 5. The summed E-state index contributed by atoms with van der Waals surface area (Å²) in [5.41, 5.74) is 9.30. The minimum Gasteiger partial charge on any atom is -0.581 e. The highest BCUT2D eigenvalue weighted by molar-refractivity contribution is 6.05. The number of allylic oxidation sites excluding steroid dienone is 3. The quantitative estimate of drug-likeness (QED) is 0.180. The van der Waals surface area contributed by atoms with Crippen molar-refractivity contribution in [3.05, 3.63) is 52.9 Å². The minimum atomic E-state index is -0.756. The molecular weight excluding hydrogens is 558 g/mol. The summed E-state index contributed by atoms with van der Waals surface area (Å²) < 4.78 is 12.5. The lowest BCUT2D eigenvalue weighted by Crippen LogP contribution is -2.55. The molecule has 11 heteroatoms. The summed E-state index contributed by atoms with van der Waals surface area (Å²) >= 11 is 0. The van der Waals surface area contributed by atoms with Crippen LogP contribution in [0.1, 0.15) is 65.5 Å². The fourth-order valence-corrected chi connectivity index (χ4v) is 6.52. The number of amides is 1. The van der Waals surface area contributed by atoms with E-state index >= 15 is 0 Å². The van der Waals surface area contributed by atoms with Gasteiger partial charge in [0.2, 0.25) is 11.8 Å². The van der Waals surface area contributed by atoms with Crippen LogP contribution in [0.2, 0.25) is 0 Å². The summed E-state index contributed by atoms with van der Waals surface area (Å²) in [5.74, 6) is 0.580. The Bertz CT molecular complexity index is 1400. The van der Waals surface area contributed by atoms with Gasteiger partial charge >= 0.3 is 5.90 Å². The molecular formula is C33H48N7O4+. The predicted octanol–water partition coefficient (Wildman–Crippen LogP) is 3.61. The average Bonchev–Trinajstić information content (AvgIpc) is 3.39. The smallest absolute Gasteiger partial charge is 0.343 e. The van der Waals surface area contributed by atoms with Gasteiger partial charge in [0.05, 0.1) is 13.1 Å². The van der Waals surface area contributed by atoms with Crippen LogP contribution in [-0.2, 0) is 4.79 Å². The van der Waals surface area contributed by atoms with E-state index in [9.17, 15) is 4.79 Å². The summed E-state index contributed by atoms with van der Waals surface area (Å²) in [7, 11) is 3.80. The second-order valence-electron chi connectivity index (χ2n) is 12.4. The third-order valence-corrected chi connectivity index (χ3v) is 8.99. The van der Waals surface area contributed by atoms with Crippen molar-refractivity contribution in [1.82, 2.24) is 14.8 Å². The van der Waals surface area contributed by atoms with E-state index in [-0.39, 0.29) is 41.6 Å². The third-order valence-electron chi connectivity index (χ3n) is 8.99. The van der Waals surface area contributed by atoms with Gasteiger partial charge in [-0.2, -0.15) is 0 Å². The van der Waals surface area contributed by atoms with Gasteiger partial charge in [-0.1, -0.05) is 12.2 Å². The molecule has 11 nitrogen and oxygen atoms in total. The number of aromatic nitrogens is 1. The van der Waals surface area contributed by atoms with Crippen LogP contribution in [0.4, 0.5) is 0 Å². The van der Waals surface area contributed by atoms with E-state index in [4.69, 9.17) is 25.7 Å². The number of hydrogen-bond acceptors (Lipinski definition) is 8. The fourth-order valence-electron chi connectivity index (χ4n) is 6.52. The second kappa shape index (κ2) is 13.8. The van der Waals surface area contributed by atoms with E-state index in [1.807, 2.05) is 20.8 Å². The molecule has 238 valence electrons. The highest BCUT2D eigenvalue weighted by Crippen LogP contribution is 2.45. The molecule has 0 bridgehead atoms. The SMILES string of the molecule is C=CC(=O)N1CC(Oc2cc(O[C@@H](C)[C@@H]3CCCN3C)nc(C(=N)N=C([OH2+])[C@@]3(C)CCCC(C)=C3/C(C=NC)=C(\C)N)c2)C1. The van der Waals surface area contributed by atoms with Gasteiger partial charge in [0, 0.05) is 42.7 Å². The molecule has 0 radical (unpaired) electrons. The maximum absolute atomic E-state index is 11.9. The zero-order valence-corrected chi connectivity index (χ0v) is 26.9. The molecule has 1 aliphatic carbocycles. The number of carbonyl (C=O) groups is 1. The summed E-state index contributed by atoms with van der Waals surface area (Å²) in [4.78, 5) is 29.3. The Morgan fingerprint density at radius 1 is 1.34 bits per heavy atom. The first-order chi connectivity index (χ1) is 20.9. The normalized spacial score (nSPS) is 24.6. The van der Waals surface area contributed by atoms with E-state index in [0.29, 0.717) is 36.8 Å². The van der Waals surface area contributed by atoms with Crippen LogP contribution in [0.5, 0.6) is 11.6 Å². The number of ether oxygens (including phenoxy) is 2. The minimum absolute atomic E-state index is 0.0638. The lowest BCUT2D eigenvalue weighted by molar-refractivity contribution is -0.134. The monoisotopic (exact) mass is 606 g/mol. The molecule has 2 saturated heterocycles. The zero-order chi connectivity index (χ0) is 32.2. The molecule has 0 unspecified atom stereocenters. The molecule has 2 aliphatic heterocycles. The number of amidine groups is 1. The van der Waals surface area contributed by atoms with Gasteiger partial charge in [-0.3, -0.25) is 20.1 Å². The zero-order valence-electron chi connectivity index (χ0n) is 26.9. The maximum Gasteiger partial charge on any atom is 0.343 e. The maximum atomic E-state index is 11.9. The van der Waals surface area contributed by atoms with Crippen LogP contribution in [0.15, 0.2) is 57.2 Å². The first kappa shape index (κ1) is 32.9. The Kier molecular flexibility index (Phi) is 10.3. The summed E-state index contributed by atoms with van der Waals surface area (Å²) in [6.45, 7) is 13.4. The van der Waals surface area contributed by atoms with Crippen molar-refractivity contribution >= 4 is 23.9 Å². The molecule has 3 atom stereocenters. The van der Waals surface area contributed by atoms with Crippen LogP contribution in [0, 0.1) is 10.8 Å². The van der Waals surface area contributed by atoms with E-state index in [1.54, 1.807) is 30.3 Å².